The Labute approximate surface area is 168 Å². The predicted octanol–water partition coefficient (Wildman–Crippen LogP) is 4.16. The highest BCUT2D eigenvalue weighted by Gasteiger charge is 2.45. The number of hydrogen-bond donors (Lipinski definition) is 3. The smallest absolute Gasteiger partial charge is 0.373 e. The van der Waals surface area contributed by atoms with Gasteiger partial charge < -0.3 is 10.4 Å². The Morgan fingerprint density at radius 3 is 2.32 bits per heavy atom. The second-order valence-corrected chi connectivity index (χ2v) is 11.0. The van der Waals surface area contributed by atoms with Gasteiger partial charge in [0.2, 0.25) is 0 Å². The number of nitrogens with one attached hydrogen (secondary N) is 2. The number of halogens is 3. The summed E-state index contributed by atoms with van der Waals surface area (Å²) in [6.45, 7) is 9.04. The Kier molecular flexibility index (Phi) is 7.42. The highest BCUT2D eigenvalue weighted by atomic mass is 32.2. The number of aliphatic hydroxyl groups is 1. The minimum atomic E-state index is -4.19. The van der Waals surface area contributed by atoms with Crippen LogP contribution in [-0.4, -0.2) is 32.5 Å². The summed E-state index contributed by atoms with van der Waals surface area (Å²) >= 11 is 0. The third-order valence-electron chi connectivity index (χ3n) is 5.83. The lowest BCUT2D eigenvalue weighted by Crippen LogP contribution is -2.43. The normalized spacial score (nSPS) is 31.6. The first-order valence-corrected chi connectivity index (χ1v) is 11.0. The van der Waals surface area contributed by atoms with Crippen molar-refractivity contribution >= 4 is 11.0 Å². The van der Waals surface area contributed by atoms with E-state index in [4.69, 9.17) is 0 Å². The number of aliphatic hydroxyl groups excluding tert-OH is 1. The van der Waals surface area contributed by atoms with Crippen molar-refractivity contribution in [3.8, 4) is 0 Å². The van der Waals surface area contributed by atoms with Gasteiger partial charge in [-0.25, -0.2) is 8.93 Å². The molecule has 0 saturated heterocycles. The number of hydrogen-bond acceptors (Lipinski definition) is 3. The van der Waals surface area contributed by atoms with Gasteiger partial charge in [0.25, 0.3) is 0 Å². The number of allylic oxidation sites excluding steroid dienone is 2. The molecule has 0 aliphatic heterocycles. The van der Waals surface area contributed by atoms with Crippen LogP contribution in [0.5, 0.6) is 0 Å². The molecule has 0 heterocycles. The van der Waals surface area contributed by atoms with Crippen LogP contribution in [-0.2, 0) is 11.0 Å². The Morgan fingerprint density at radius 2 is 1.82 bits per heavy atom. The van der Waals surface area contributed by atoms with Crippen LogP contribution in [0.25, 0.3) is 0 Å². The van der Waals surface area contributed by atoms with Gasteiger partial charge in [-0.1, -0.05) is 24.6 Å². The molecule has 6 atom stereocenters. The number of rotatable bonds is 5. The first kappa shape index (κ1) is 23.4. The van der Waals surface area contributed by atoms with Crippen LogP contribution in [0.3, 0.4) is 0 Å². The molecule has 0 radical (unpaired) electrons. The molecular formula is C20H33F3N2O2S. The summed E-state index contributed by atoms with van der Waals surface area (Å²) < 4.78 is 54.3. The average molecular weight is 423 g/mol. The van der Waals surface area contributed by atoms with Crippen molar-refractivity contribution in [1.82, 2.24) is 10.0 Å². The molecule has 3 N–H and O–H groups in total. The van der Waals surface area contributed by atoms with Gasteiger partial charge in [0, 0.05) is 17.7 Å². The van der Waals surface area contributed by atoms with Gasteiger partial charge in [-0.3, -0.25) is 0 Å². The van der Waals surface area contributed by atoms with Crippen molar-refractivity contribution in [1.29, 1.82) is 0 Å². The predicted molar refractivity (Wildman–Crippen MR) is 106 cm³/mol. The van der Waals surface area contributed by atoms with Gasteiger partial charge in [0.15, 0.2) is 0 Å². The Morgan fingerprint density at radius 1 is 1.18 bits per heavy atom. The van der Waals surface area contributed by atoms with Crippen LogP contribution in [0.2, 0.25) is 0 Å². The molecule has 2 aliphatic carbocycles. The van der Waals surface area contributed by atoms with E-state index in [1.807, 2.05) is 32.9 Å². The zero-order valence-electron chi connectivity index (χ0n) is 17.3. The van der Waals surface area contributed by atoms with E-state index in [2.05, 4.69) is 10.0 Å². The summed E-state index contributed by atoms with van der Waals surface area (Å²) in [6.07, 6.45) is 0.580. The summed E-state index contributed by atoms with van der Waals surface area (Å²) in [4.78, 5) is 0. The molecule has 28 heavy (non-hydrogen) atoms. The summed E-state index contributed by atoms with van der Waals surface area (Å²) in [5.74, 6) is -2.04. The molecule has 0 aromatic heterocycles. The molecule has 8 heteroatoms. The van der Waals surface area contributed by atoms with Crippen molar-refractivity contribution < 1.29 is 22.5 Å². The van der Waals surface area contributed by atoms with E-state index >= 15 is 0 Å². The van der Waals surface area contributed by atoms with Crippen molar-refractivity contribution in [2.45, 2.75) is 83.5 Å². The van der Waals surface area contributed by atoms with Crippen molar-refractivity contribution in [3.63, 3.8) is 0 Å². The van der Waals surface area contributed by atoms with Gasteiger partial charge >= 0.3 is 6.18 Å². The van der Waals surface area contributed by atoms with Gasteiger partial charge in [0.1, 0.15) is 6.23 Å². The van der Waals surface area contributed by atoms with Crippen molar-refractivity contribution in [2.75, 3.05) is 0 Å². The summed E-state index contributed by atoms with van der Waals surface area (Å²) in [5.41, 5.74) is 1.40. The fourth-order valence-electron chi connectivity index (χ4n) is 3.76. The first-order chi connectivity index (χ1) is 12.8. The van der Waals surface area contributed by atoms with Gasteiger partial charge in [0.05, 0.1) is 21.7 Å². The molecule has 0 aromatic rings. The topological polar surface area (TPSA) is 61.4 Å². The molecule has 2 aliphatic rings. The SMILES string of the molecule is CC1=C(NC(O)C2C=CC(NS(=O)C(C)(C)C)CC2)CCC(C(F)(F)F)C1C. The second kappa shape index (κ2) is 8.88. The van der Waals surface area contributed by atoms with E-state index in [0.717, 1.165) is 12.1 Å². The van der Waals surface area contributed by atoms with Gasteiger partial charge in [-0.05, 0) is 59.3 Å². The minimum absolute atomic E-state index is 0.00768. The molecular weight excluding hydrogens is 389 g/mol. The van der Waals surface area contributed by atoms with Crippen LogP contribution in [0.15, 0.2) is 23.4 Å². The minimum Gasteiger partial charge on any atom is -0.373 e. The largest absolute Gasteiger partial charge is 0.392 e. The van der Waals surface area contributed by atoms with E-state index in [-0.39, 0.29) is 23.1 Å². The van der Waals surface area contributed by atoms with Crippen molar-refractivity contribution in [2.24, 2.45) is 17.8 Å². The lowest BCUT2D eigenvalue weighted by Gasteiger charge is -2.36. The lowest BCUT2D eigenvalue weighted by molar-refractivity contribution is -0.187. The Bertz CT molecular complexity index is 640. The first-order valence-electron chi connectivity index (χ1n) is 9.88. The zero-order chi connectivity index (χ0) is 21.3. The van der Waals surface area contributed by atoms with E-state index < -0.39 is 35.2 Å². The quantitative estimate of drug-likeness (QED) is 0.460. The van der Waals surface area contributed by atoms with Crippen molar-refractivity contribution in [3.05, 3.63) is 23.4 Å². The van der Waals surface area contributed by atoms with E-state index in [1.165, 1.54) is 0 Å². The maximum atomic E-state index is 13.1. The maximum absolute atomic E-state index is 13.1. The van der Waals surface area contributed by atoms with Crippen LogP contribution in [0.4, 0.5) is 13.2 Å². The standard InChI is InChI=1S/C20H33F3N2O2S/c1-12-13(2)17(11-10-16(12)20(21,22)23)24-18(26)14-6-8-15(9-7-14)25-28(27)19(3,4)5/h6,8,12,14-16,18,24-26H,7,9-11H2,1-5H3. The van der Waals surface area contributed by atoms with E-state index in [9.17, 15) is 22.5 Å². The summed E-state index contributed by atoms with van der Waals surface area (Å²) in [7, 11) is -1.16. The van der Waals surface area contributed by atoms with E-state index in [1.54, 1.807) is 13.8 Å². The molecule has 4 nitrogen and oxygen atoms in total. The number of alkyl halides is 3. The molecule has 0 spiro atoms. The van der Waals surface area contributed by atoms with Crippen LogP contribution >= 0.6 is 0 Å². The fraction of sp³-hybridized carbons (Fsp3) is 0.800. The second-order valence-electron chi connectivity index (χ2n) is 8.96. The van der Waals surface area contributed by atoms with Crippen LogP contribution in [0, 0.1) is 17.8 Å². The fourth-order valence-corrected chi connectivity index (χ4v) is 4.58. The molecule has 0 fully saturated rings. The Balaban J connectivity index is 1.95. The van der Waals surface area contributed by atoms with Crippen LogP contribution < -0.4 is 10.0 Å². The van der Waals surface area contributed by atoms with Gasteiger partial charge in [-0.2, -0.15) is 13.2 Å². The summed E-state index contributed by atoms with van der Waals surface area (Å²) in [5, 5.41) is 13.6. The summed E-state index contributed by atoms with van der Waals surface area (Å²) in [6, 6.07) is -0.00768. The molecule has 0 amide bonds. The average Bonchev–Trinajstić information content (AvgIpc) is 2.57. The Hall–Kier alpha value is -0.860. The van der Waals surface area contributed by atoms with Crippen LogP contribution in [0.1, 0.15) is 60.3 Å². The van der Waals surface area contributed by atoms with E-state index in [0.29, 0.717) is 18.4 Å². The molecule has 0 bridgehead atoms. The van der Waals surface area contributed by atoms with Gasteiger partial charge in [-0.15, -0.1) is 0 Å². The molecule has 0 saturated carbocycles. The third-order valence-corrected chi connectivity index (χ3v) is 7.46. The maximum Gasteiger partial charge on any atom is 0.392 e. The third kappa shape index (κ3) is 5.83. The lowest BCUT2D eigenvalue weighted by atomic mass is 9.78. The molecule has 162 valence electrons. The highest BCUT2D eigenvalue weighted by molar-refractivity contribution is 7.84. The molecule has 2 rings (SSSR count). The zero-order valence-corrected chi connectivity index (χ0v) is 18.1. The molecule has 6 unspecified atom stereocenters. The molecule has 0 aromatic carbocycles. The monoisotopic (exact) mass is 422 g/mol. The highest BCUT2D eigenvalue weighted by Crippen LogP contribution is 2.43.